The molecule has 2 heterocycles. The van der Waals surface area contributed by atoms with Crippen molar-refractivity contribution >= 4 is 51.2 Å². The van der Waals surface area contributed by atoms with Gasteiger partial charge in [0.05, 0.1) is 11.3 Å². The van der Waals surface area contributed by atoms with Gasteiger partial charge in [0.1, 0.15) is 11.3 Å². The first-order valence-electron chi connectivity index (χ1n) is 8.35. The minimum absolute atomic E-state index is 0.0379. The average Bonchev–Trinajstić information content (AvgIpc) is 3.03. The van der Waals surface area contributed by atoms with Crippen LogP contribution in [0, 0.1) is 5.82 Å². The summed E-state index contributed by atoms with van der Waals surface area (Å²) in [5, 5.41) is 12.0. The topological polar surface area (TPSA) is 101 Å². The van der Waals surface area contributed by atoms with Crippen molar-refractivity contribution in [2.45, 2.75) is 12.1 Å². The van der Waals surface area contributed by atoms with Crippen LogP contribution in [0.2, 0.25) is 0 Å². The largest absolute Gasteiger partial charge is 0.338 e. The van der Waals surface area contributed by atoms with Gasteiger partial charge >= 0.3 is 0 Å². The zero-order valence-corrected chi connectivity index (χ0v) is 15.5. The van der Waals surface area contributed by atoms with Crippen molar-refractivity contribution in [2.75, 3.05) is 11.1 Å². The third-order valence-corrected chi connectivity index (χ3v) is 4.86. The summed E-state index contributed by atoms with van der Waals surface area (Å²) in [5.41, 5.74) is 2.38. The molecule has 0 bridgehead atoms. The number of Topliss-reactive ketones (excluding diaryl/α,β-unsaturated/α-hetero) is 1. The number of aromatic nitrogens is 4. The minimum Gasteiger partial charge on any atom is -0.338 e. The first kappa shape index (κ1) is 18.1. The number of para-hydroxylation sites is 1. The fourth-order valence-electron chi connectivity index (χ4n) is 2.80. The number of H-pyrrole nitrogens is 1. The highest BCUT2D eigenvalue weighted by Crippen LogP contribution is 2.24. The number of fused-ring (bicyclic) bond motifs is 3. The van der Waals surface area contributed by atoms with Crippen LogP contribution in [0.1, 0.15) is 17.3 Å². The second-order valence-corrected chi connectivity index (χ2v) is 6.99. The van der Waals surface area contributed by atoms with Crippen molar-refractivity contribution in [3.63, 3.8) is 0 Å². The predicted octanol–water partition coefficient (Wildman–Crippen LogP) is 3.58. The molecule has 28 heavy (non-hydrogen) atoms. The Morgan fingerprint density at radius 1 is 1.18 bits per heavy atom. The number of rotatable bonds is 5. The van der Waals surface area contributed by atoms with E-state index in [0.29, 0.717) is 22.0 Å². The first-order chi connectivity index (χ1) is 13.5. The van der Waals surface area contributed by atoms with Crippen LogP contribution in [-0.2, 0) is 4.79 Å². The normalized spacial score (nSPS) is 11.1. The molecule has 0 atom stereocenters. The van der Waals surface area contributed by atoms with Crippen LogP contribution >= 0.6 is 11.8 Å². The minimum atomic E-state index is -0.693. The molecule has 1 amide bonds. The summed E-state index contributed by atoms with van der Waals surface area (Å²) in [7, 11) is 0. The Bertz CT molecular complexity index is 1220. The number of hydrogen-bond acceptors (Lipinski definition) is 6. The van der Waals surface area contributed by atoms with Gasteiger partial charge in [-0.1, -0.05) is 30.0 Å². The lowest BCUT2D eigenvalue weighted by molar-refractivity contribution is -0.114. The van der Waals surface area contributed by atoms with Gasteiger partial charge < -0.3 is 10.3 Å². The zero-order valence-electron chi connectivity index (χ0n) is 14.7. The zero-order chi connectivity index (χ0) is 19.7. The molecule has 9 heteroatoms. The fourth-order valence-corrected chi connectivity index (χ4v) is 3.47. The highest BCUT2D eigenvalue weighted by Gasteiger charge is 2.15. The van der Waals surface area contributed by atoms with Crippen LogP contribution in [0.4, 0.5) is 10.1 Å². The van der Waals surface area contributed by atoms with Crippen LogP contribution in [0.5, 0.6) is 0 Å². The predicted molar refractivity (Wildman–Crippen MR) is 105 cm³/mol. The number of ketones is 1. The fraction of sp³-hybridized carbons (Fsp3) is 0.105. The van der Waals surface area contributed by atoms with Crippen molar-refractivity contribution in [1.82, 2.24) is 20.2 Å². The van der Waals surface area contributed by atoms with E-state index >= 15 is 0 Å². The molecule has 0 aliphatic carbocycles. The molecule has 2 N–H and O–H groups in total. The molecule has 0 fully saturated rings. The summed E-state index contributed by atoms with van der Waals surface area (Å²) in [6.45, 7) is 1.33. The van der Waals surface area contributed by atoms with E-state index in [1.165, 1.54) is 19.1 Å². The maximum atomic E-state index is 14.2. The molecule has 0 unspecified atom stereocenters. The summed E-state index contributed by atoms with van der Waals surface area (Å²) < 4.78 is 14.2. The average molecular weight is 395 g/mol. The van der Waals surface area contributed by atoms with Gasteiger partial charge in [0.2, 0.25) is 11.1 Å². The first-order valence-corrected chi connectivity index (χ1v) is 9.34. The van der Waals surface area contributed by atoms with E-state index < -0.39 is 11.6 Å². The third kappa shape index (κ3) is 3.56. The van der Waals surface area contributed by atoms with Gasteiger partial charge in [-0.2, -0.15) is 0 Å². The molecular formula is C19H14FN5O2S. The number of carbonyl (C=O) groups excluding carboxylic acids is 2. The van der Waals surface area contributed by atoms with Gasteiger partial charge in [-0.3, -0.25) is 9.59 Å². The maximum absolute atomic E-state index is 14.2. The Kier molecular flexibility index (Phi) is 4.74. The van der Waals surface area contributed by atoms with Crippen molar-refractivity contribution in [3.05, 3.63) is 53.8 Å². The molecule has 0 aliphatic heterocycles. The number of anilines is 1. The Morgan fingerprint density at radius 3 is 2.79 bits per heavy atom. The molecule has 0 saturated carbocycles. The molecule has 140 valence electrons. The van der Waals surface area contributed by atoms with Crippen molar-refractivity contribution < 1.29 is 14.0 Å². The molecule has 0 saturated heterocycles. The highest BCUT2D eigenvalue weighted by atomic mass is 32.2. The molecule has 2 aromatic heterocycles. The van der Waals surface area contributed by atoms with Crippen LogP contribution in [0.3, 0.4) is 0 Å². The van der Waals surface area contributed by atoms with Crippen LogP contribution in [0.25, 0.3) is 22.1 Å². The number of halogens is 1. The van der Waals surface area contributed by atoms with E-state index in [2.05, 4.69) is 25.5 Å². The van der Waals surface area contributed by atoms with E-state index in [9.17, 15) is 14.0 Å². The number of aromatic amines is 1. The second-order valence-electron chi connectivity index (χ2n) is 6.05. The Hall–Kier alpha value is -3.33. The van der Waals surface area contributed by atoms with E-state index in [1.54, 1.807) is 0 Å². The maximum Gasteiger partial charge on any atom is 0.221 e. The number of nitrogens with one attached hydrogen (secondary N) is 2. The standard InChI is InChI=1S/C19H14FN5O2S/c1-10(26)21-11-6-7-12(14(20)8-11)16(27)9-28-19-23-18-17(24-25-19)13-4-2-3-5-15(13)22-18/h2-8H,9H2,1H3,(H,21,26)(H,22,23,25). The number of nitrogens with zero attached hydrogens (tertiary/aromatic N) is 3. The van der Waals surface area contributed by atoms with Gasteiger partial charge in [0.25, 0.3) is 0 Å². The van der Waals surface area contributed by atoms with Crippen molar-refractivity contribution in [1.29, 1.82) is 0 Å². The van der Waals surface area contributed by atoms with E-state index in [1.807, 2.05) is 24.3 Å². The molecule has 0 spiro atoms. The molecule has 7 nitrogen and oxygen atoms in total. The molecule has 2 aromatic carbocycles. The third-order valence-electron chi connectivity index (χ3n) is 4.02. The van der Waals surface area contributed by atoms with Gasteiger partial charge in [-0.15, -0.1) is 10.2 Å². The summed E-state index contributed by atoms with van der Waals surface area (Å²) >= 11 is 1.08. The highest BCUT2D eigenvalue weighted by molar-refractivity contribution is 7.99. The monoisotopic (exact) mass is 395 g/mol. The van der Waals surface area contributed by atoms with E-state index in [4.69, 9.17) is 0 Å². The van der Waals surface area contributed by atoms with Crippen molar-refractivity contribution in [2.24, 2.45) is 0 Å². The Morgan fingerprint density at radius 2 is 2.00 bits per heavy atom. The lowest BCUT2D eigenvalue weighted by Crippen LogP contribution is -2.09. The molecule has 4 rings (SSSR count). The van der Waals surface area contributed by atoms with E-state index in [-0.39, 0.29) is 17.2 Å². The number of amides is 1. The lowest BCUT2D eigenvalue weighted by atomic mass is 10.1. The van der Waals surface area contributed by atoms with E-state index in [0.717, 1.165) is 28.7 Å². The number of carbonyl (C=O) groups is 2. The number of thioether (sulfide) groups is 1. The SMILES string of the molecule is CC(=O)Nc1ccc(C(=O)CSc2nnc3c(n2)[nH]c2ccccc23)c(F)c1. The van der Waals surface area contributed by atoms with Crippen molar-refractivity contribution in [3.8, 4) is 0 Å². The van der Waals surface area contributed by atoms with Gasteiger partial charge in [0.15, 0.2) is 11.4 Å². The van der Waals surface area contributed by atoms with Crippen LogP contribution < -0.4 is 5.32 Å². The summed E-state index contributed by atoms with van der Waals surface area (Å²) in [6.07, 6.45) is 0. The quantitative estimate of drug-likeness (QED) is 0.396. The Balaban J connectivity index is 1.50. The van der Waals surface area contributed by atoms with Crippen LogP contribution in [0.15, 0.2) is 47.6 Å². The van der Waals surface area contributed by atoms with Crippen LogP contribution in [-0.4, -0.2) is 37.6 Å². The number of benzene rings is 2. The molecule has 0 aliphatic rings. The Labute approximate surface area is 162 Å². The lowest BCUT2D eigenvalue weighted by Gasteiger charge is -2.06. The second kappa shape index (κ2) is 7.35. The summed E-state index contributed by atoms with van der Waals surface area (Å²) in [6, 6.07) is 11.6. The van der Waals surface area contributed by atoms with Gasteiger partial charge in [-0.25, -0.2) is 9.37 Å². The molecular weight excluding hydrogens is 381 g/mol. The molecule has 4 aromatic rings. The number of hydrogen-bond donors (Lipinski definition) is 2. The summed E-state index contributed by atoms with van der Waals surface area (Å²) in [5.74, 6) is -1.45. The smallest absolute Gasteiger partial charge is 0.221 e. The van der Waals surface area contributed by atoms with Gasteiger partial charge in [0, 0.05) is 23.5 Å². The summed E-state index contributed by atoms with van der Waals surface area (Å²) in [4.78, 5) is 30.9. The molecule has 0 radical (unpaired) electrons. The van der Waals surface area contributed by atoms with Gasteiger partial charge in [-0.05, 0) is 24.3 Å².